The zero-order chi connectivity index (χ0) is 23.8. The van der Waals surface area contributed by atoms with Gasteiger partial charge in [-0.15, -0.1) is 0 Å². The number of aliphatic hydroxyl groups is 2. The van der Waals surface area contributed by atoms with Crippen LogP contribution in [-0.4, -0.2) is 53.1 Å². The number of aromatic nitrogens is 1. The Hall–Kier alpha value is -3.13. The third-order valence-electron chi connectivity index (χ3n) is 7.21. The topological polar surface area (TPSA) is 84.3 Å². The molecule has 1 saturated heterocycles. The van der Waals surface area contributed by atoms with E-state index in [0.29, 0.717) is 29.4 Å². The summed E-state index contributed by atoms with van der Waals surface area (Å²) in [4.78, 5) is 7.50. The third-order valence-corrected chi connectivity index (χ3v) is 7.21. The van der Waals surface area contributed by atoms with Crippen molar-refractivity contribution in [1.82, 2.24) is 9.88 Å². The number of hydrogen-bond donors (Lipinski definition) is 2. The molecule has 4 aromatic rings. The van der Waals surface area contributed by atoms with Gasteiger partial charge in [0, 0.05) is 22.7 Å². The van der Waals surface area contributed by atoms with Crippen molar-refractivity contribution in [2.24, 2.45) is 0 Å². The molecule has 182 valence electrons. The van der Waals surface area contributed by atoms with Crippen molar-refractivity contribution in [3.8, 4) is 17.4 Å². The Labute approximate surface area is 203 Å². The molecule has 0 amide bonds. The minimum atomic E-state index is -0.153. The Kier molecular flexibility index (Phi) is 6.06. The zero-order valence-corrected chi connectivity index (χ0v) is 19.8. The molecule has 0 bridgehead atoms. The predicted octanol–water partition coefficient (Wildman–Crippen LogP) is 4.51. The van der Waals surface area contributed by atoms with Gasteiger partial charge in [0.1, 0.15) is 0 Å². The lowest BCUT2D eigenvalue weighted by Crippen LogP contribution is -2.31. The van der Waals surface area contributed by atoms with Crippen molar-refractivity contribution in [3.05, 3.63) is 47.5 Å². The fourth-order valence-electron chi connectivity index (χ4n) is 5.33. The van der Waals surface area contributed by atoms with Crippen molar-refractivity contribution in [2.75, 3.05) is 33.0 Å². The largest absolute Gasteiger partial charge is 0.477 e. The van der Waals surface area contributed by atoms with Crippen LogP contribution >= 0.6 is 0 Å². The number of rotatable bonds is 7. The highest BCUT2D eigenvalue weighted by atomic mass is 16.7. The van der Waals surface area contributed by atoms with Crippen LogP contribution in [0.3, 0.4) is 0 Å². The highest BCUT2D eigenvalue weighted by molar-refractivity contribution is 6.17. The molecule has 2 N–H and O–H groups in total. The quantitative estimate of drug-likeness (QED) is 0.301. The first-order valence-electron chi connectivity index (χ1n) is 12.4. The Bertz CT molecular complexity index is 1400. The fraction of sp³-hybridized carbons (Fsp3) is 0.393. The van der Waals surface area contributed by atoms with Gasteiger partial charge in [-0.25, -0.2) is 4.98 Å². The Morgan fingerprint density at radius 2 is 1.57 bits per heavy atom. The molecule has 0 saturated carbocycles. The minimum Gasteiger partial charge on any atom is -0.477 e. The van der Waals surface area contributed by atoms with Crippen LogP contribution in [0.1, 0.15) is 36.8 Å². The highest BCUT2D eigenvalue weighted by Gasteiger charge is 2.19. The van der Waals surface area contributed by atoms with Crippen LogP contribution in [0.5, 0.6) is 17.4 Å². The van der Waals surface area contributed by atoms with E-state index < -0.39 is 0 Å². The monoisotopic (exact) mass is 474 g/mol. The first kappa shape index (κ1) is 22.3. The molecular weight excluding hydrogens is 444 g/mol. The van der Waals surface area contributed by atoms with E-state index in [1.807, 2.05) is 24.3 Å². The van der Waals surface area contributed by atoms with Crippen LogP contribution in [0, 0.1) is 0 Å². The average molecular weight is 475 g/mol. The molecule has 0 aliphatic carbocycles. The van der Waals surface area contributed by atoms with Gasteiger partial charge in [-0.2, -0.15) is 0 Å². The van der Waals surface area contributed by atoms with Gasteiger partial charge in [0.25, 0.3) is 0 Å². The fourth-order valence-corrected chi connectivity index (χ4v) is 5.33. The van der Waals surface area contributed by atoms with Gasteiger partial charge in [0.05, 0.1) is 25.3 Å². The summed E-state index contributed by atoms with van der Waals surface area (Å²) >= 11 is 0. The second-order valence-electron chi connectivity index (χ2n) is 9.39. The van der Waals surface area contributed by atoms with E-state index in [4.69, 9.17) is 19.2 Å². The van der Waals surface area contributed by atoms with E-state index in [-0.39, 0.29) is 20.0 Å². The van der Waals surface area contributed by atoms with E-state index in [9.17, 15) is 10.2 Å². The number of fused-ring (bicyclic) bond motifs is 6. The molecule has 1 aromatic heterocycles. The maximum Gasteiger partial charge on any atom is 0.231 e. The molecule has 1 fully saturated rings. The molecule has 7 nitrogen and oxygen atoms in total. The normalized spacial score (nSPS) is 15.9. The molecule has 3 aromatic carbocycles. The molecule has 0 radical (unpaired) electrons. The van der Waals surface area contributed by atoms with Crippen molar-refractivity contribution >= 4 is 32.4 Å². The van der Waals surface area contributed by atoms with Gasteiger partial charge in [-0.1, -0.05) is 18.6 Å². The summed E-state index contributed by atoms with van der Waals surface area (Å²) in [5.41, 5.74) is 2.21. The molecule has 2 aliphatic rings. The van der Waals surface area contributed by atoms with Gasteiger partial charge < -0.3 is 29.3 Å². The molecule has 0 atom stereocenters. The Balaban J connectivity index is 1.44. The summed E-state index contributed by atoms with van der Waals surface area (Å²) in [6.45, 7) is 3.85. The average Bonchev–Trinajstić information content (AvgIpc) is 3.37. The number of ether oxygens (including phenoxy) is 3. The summed E-state index contributed by atoms with van der Waals surface area (Å²) in [5, 5.41) is 24.6. The van der Waals surface area contributed by atoms with Crippen molar-refractivity contribution in [1.29, 1.82) is 0 Å². The highest BCUT2D eigenvalue weighted by Crippen LogP contribution is 2.41. The van der Waals surface area contributed by atoms with Crippen LogP contribution in [0.2, 0.25) is 0 Å². The molecule has 0 spiro atoms. The van der Waals surface area contributed by atoms with E-state index in [1.165, 1.54) is 32.4 Å². The van der Waals surface area contributed by atoms with Gasteiger partial charge in [0.15, 0.2) is 11.5 Å². The van der Waals surface area contributed by atoms with Crippen LogP contribution in [0.4, 0.5) is 0 Å². The number of likely N-dealkylation sites (tertiary alicyclic amines) is 1. The van der Waals surface area contributed by atoms with Gasteiger partial charge >= 0.3 is 0 Å². The van der Waals surface area contributed by atoms with E-state index in [1.54, 1.807) is 0 Å². The molecule has 6 rings (SSSR count). The summed E-state index contributed by atoms with van der Waals surface area (Å²) in [5.74, 6) is 2.00. The molecule has 3 heterocycles. The van der Waals surface area contributed by atoms with Crippen molar-refractivity contribution in [2.45, 2.75) is 38.9 Å². The lowest BCUT2D eigenvalue weighted by molar-refractivity contribution is 0.174. The second-order valence-corrected chi connectivity index (χ2v) is 9.39. The smallest absolute Gasteiger partial charge is 0.231 e. The lowest BCUT2D eigenvalue weighted by atomic mass is 9.97. The van der Waals surface area contributed by atoms with Crippen molar-refractivity contribution in [3.63, 3.8) is 0 Å². The molecule has 35 heavy (non-hydrogen) atoms. The first-order valence-corrected chi connectivity index (χ1v) is 12.4. The third kappa shape index (κ3) is 4.14. The van der Waals surface area contributed by atoms with E-state index in [0.717, 1.165) is 51.2 Å². The number of nitrogens with zero attached hydrogens (tertiary/aromatic N) is 2. The summed E-state index contributed by atoms with van der Waals surface area (Å²) in [6, 6.07) is 11.9. The number of aliphatic hydroxyl groups excluding tert-OH is 2. The minimum absolute atomic E-state index is 0.145. The SMILES string of the molecule is OCc1cc2c(OCCCN3CCCCC3)nc3c4cc5c(cc4ccc3c2cc1CO)OCO5. The summed E-state index contributed by atoms with van der Waals surface area (Å²) in [7, 11) is 0. The van der Waals surface area contributed by atoms with Crippen molar-refractivity contribution < 1.29 is 24.4 Å². The first-order chi connectivity index (χ1) is 17.2. The Morgan fingerprint density at radius 1 is 0.829 bits per heavy atom. The Morgan fingerprint density at radius 3 is 2.34 bits per heavy atom. The molecule has 2 aliphatic heterocycles. The number of pyridine rings is 1. The molecule has 0 unspecified atom stereocenters. The molecular formula is C28H30N2O5. The van der Waals surface area contributed by atoms with Crippen LogP contribution in [0.15, 0.2) is 36.4 Å². The maximum absolute atomic E-state index is 9.93. The number of benzene rings is 3. The van der Waals surface area contributed by atoms with Gasteiger partial charge in [-0.3, -0.25) is 0 Å². The van der Waals surface area contributed by atoms with E-state index >= 15 is 0 Å². The second kappa shape index (κ2) is 9.49. The number of piperidine rings is 1. The van der Waals surface area contributed by atoms with Gasteiger partial charge in [0.2, 0.25) is 12.7 Å². The lowest BCUT2D eigenvalue weighted by Gasteiger charge is -2.26. The summed E-state index contributed by atoms with van der Waals surface area (Å²) < 4.78 is 17.5. The summed E-state index contributed by atoms with van der Waals surface area (Å²) in [6.07, 6.45) is 4.81. The maximum atomic E-state index is 9.93. The standard InChI is InChI=1S/C28H30N2O5/c31-15-19-11-23-21-6-5-18-13-25-26(35-17-34-25)14-22(18)27(21)29-28(24(23)12-20(19)16-32)33-10-4-9-30-7-2-1-3-8-30/h5-6,11-14,31-32H,1-4,7-10,15-17H2. The van der Waals surface area contributed by atoms with Gasteiger partial charge in [-0.05, 0) is 78.5 Å². The predicted molar refractivity (Wildman–Crippen MR) is 135 cm³/mol. The van der Waals surface area contributed by atoms with Crippen LogP contribution in [0.25, 0.3) is 32.4 Å². The van der Waals surface area contributed by atoms with Crippen LogP contribution < -0.4 is 14.2 Å². The number of hydrogen-bond acceptors (Lipinski definition) is 7. The molecule has 7 heteroatoms. The van der Waals surface area contributed by atoms with Crippen LogP contribution in [-0.2, 0) is 13.2 Å². The zero-order valence-electron chi connectivity index (χ0n) is 19.8. The van der Waals surface area contributed by atoms with E-state index in [2.05, 4.69) is 17.0 Å².